The van der Waals surface area contributed by atoms with Crippen LogP contribution in [0.3, 0.4) is 0 Å². The minimum Gasteiger partial charge on any atom is -0.401 e. The van der Waals surface area contributed by atoms with E-state index in [2.05, 4.69) is 10.2 Å². The van der Waals surface area contributed by atoms with E-state index in [0.29, 0.717) is 0 Å². The van der Waals surface area contributed by atoms with E-state index < -0.39 is 11.6 Å². The van der Waals surface area contributed by atoms with Crippen molar-refractivity contribution in [3.63, 3.8) is 0 Å². The molecule has 1 aromatic carbocycles. The van der Waals surface area contributed by atoms with Gasteiger partial charge in [0.2, 0.25) is 5.16 Å². The summed E-state index contributed by atoms with van der Waals surface area (Å²) in [5.74, 6) is 5.00. The van der Waals surface area contributed by atoms with Crippen LogP contribution in [0, 0.1) is 17.1 Å². The number of carbonyl (C=O) groups is 1. The molecule has 0 spiro atoms. The molecule has 118 valence electrons. The van der Waals surface area contributed by atoms with Gasteiger partial charge in [-0.3, -0.25) is 4.79 Å². The van der Waals surface area contributed by atoms with Crippen LogP contribution in [0.1, 0.15) is 6.92 Å². The summed E-state index contributed by atoms with van der Waals surface area (Å²) in [6.07, 6.45) is 0. The molecule has 0 bridgehead atoms. The number of benzene rings is 1. The van der Waals surface area contributed by atoms with E-state index in [9.17, 15) is 9.18 Å². The first-order valence-electron chi connectivity index (χ1n) is 6.43. The maximum absolute atomic E-state index is 13.8. The normalized spacial score (nSPS) is 11.7. The van der Waals surface area contributed by atoms with Gasteiger partial charge < -0.3 is 11.6 Å². The summed E-state index contributed by atoms with van der Waals surface area (Å²) in [6, 6.07) is 7.77. The van der Waals surface area contributed by atoms with Crippen LogP contribution in [0.15, 0.2) is 40.7 Å². The van der Waals surface area contributed by atoms with Gasteiger partial charge in [-0.1, -0.05) is 23.9 Å². The van der Waals surface area contributed by atoms with Crippen molar-refractivity contribution in [2.75, 3.05) is 11.6 Å². The van der Waals surface area contributed by atoms with E-state index in [1.807, 2.05) is 0 Å². The molecule has 1 aromatic heterocycles. The molecule has 7 nitrogen and oxygen atoms in total. The fraction of sp³-hybridized carbons (Fsp3) is 0.143. The number of rotatable bonds is 5. The number of hydrogen-bond acceptors (Lipinski definition) is 7. The molecule has 0 fully saturated rings. The number of carbonyl (C=O) groups excluding carboxylic acids is 1. The van der Waals surface area contributed by atoms with Crippen LogP contribution in [0.2, 0.25) is 0 Å². The Morgan fingerprint density at radius 2 is 2.13 bits per heavy atom. The first kappa shape index (κ1) is 16.5. The minimum atomic E-state index is -0.479. The molecule has 9 heteroatoms. The lowest BCUT2D eigenvalue weighted by Crippen LogP contribution is -2.14. The van der Waals surface area contributed by atoms with Crippen LogP contribution in [0.25, 0.3) is 11.4 Å². The molecule has 0 saturated carbocycles. The number of Topliss-reactive ketones (excluding diaryl/α,β-unsaturated/α-hetero) is 1. The number of allylic oxidation sites excluding steroid dienone is 2. The number of halogens is 1. The molecule has 0 unspecified atom stereocenters. The molecular weight excluding hydrogens is 319 g/mol. The number of ketones is 1. The van der Waals surface area contributed by atoms with Gasteiger partial charge in [-0.2, -0.15) is 5.26 Å². The second kappa shape index (κ2) is 6.93. The third-order valence-corrected chi connectivity index (χ3v) is 3.84. The largest absolute Gasteiger partial charge is 0.401 e. The van der Waals surface area contributed by atoms with Crippen molar-refractivity contribution in [1.29, 1.82) is 5.26 Å². The molecule has 0 aliphatic rings. The zero-order valence-electron chi connectivity index (χ0n) is 12.2. The van der Waals surface area contributed by atoms with Gasteiger partial charge in [0.25, 0.3) is 0 Å². The summed E-state index contributed by atoms with van der Waals surface area (Å²) in [4.78, 5) is 11.9. The fourth-order valence-corrected chi connectivity index (χ4v) is 2.50. The van der Waals surface area contributed by atoms with E-state index in [-0.39, 0.29) is 33.6 Å². The van der Waals surface area contributed by atoms with Gasteiger partial charge in [0.05, 0.1) is 11.3 Å². The molecule has 2 rings (SSSR count). The van der Waals surface area contributed by atoms with E-state index in [0.717, 1.165) is 16.4 Å². The SMILES string of the molecule is C/C(N)=C(/C#N)C(=O)CSc1nnc(-c2ccccc2F)n1N. The zero-order chi connectivity index (χ0) is 17.0. The van der Waals surface area contributed by atoms with Gasteiger partial charge in [-0.25, -0.2) is 9.07 Å². The molecule has 0 radical (unpaired) electrons. The Balaban J connectivity index is 2.19. The summed E-state index contributed by atoms with van der Waals surface area (Å²) < 4.78 is 14.9. The topological polar surface area (TPSA) is 124 Å². The number of hydrogen-bond donors (Lipinski definition) is 2. The van der Waals surface area contributed by atoms with Crippen LogP contribution in [0.5, 0.6) is 0 Å². The smallest absolute Gasteiger partial charge is 0.210 e. The highest BCUT2D eigenvalue weighted by atomic mass is 32.2. The molecule has 0 aliphatic carbocycles. The van der Waals surface area contributed by atoms with Crippen LogP contribution in [-0.4, -0.2) is 26.4 Å². The Hall–Kier alpha value is -2.86. The van der Waals surface area contributed by atoms with Crippen molar-refractivity contribution < 1.29 is 9.18 Å². The molecule has 2 aromatic rings. The number of nitrogens with zero attached hydrogens (tertiary/aromatic N) is 4. The van der Waals surface area contributed by atoms with Gasteiger partial charge in [0.1, 0.15) is 17.5 Å². The molecule has 4 N–H and O–H groups in total. The summed E-state index contributed by atoms with van der Waals surface area (Å²) >= 11 is 0.989. The van der Waals surface area contributed by atoms with Crippen LogP contribution < -0.4 is 11.6 Å². The van der Waals surface area contributed by atoms with Crippen LogP contribution in [0.4, 0.5) is 4.39 Å². The first-order valence-corrected chi connectivity index (χ1v) is 7.42. The first-order chi connectivity index (χ1) is 11.0. The highest BCUT2D eigenvalue weighted by Crippen LogP contribution is 2.24. The lowest BCUT2D eigenvalue weighted by atomic mass is 10.2. The average Bonchev–Trinajstić information content (AvgIpc) is 2.87. The number of nitrogen functional groups attached to an aromatic ring is 1. The zero-order valence-corrected chi connectivity index (χ0v) is 13.0. The maximum atomic E-state index is 13.8. The third kappa shape index (κ3) is 3.49. The van der Waals surface area contributed by atoms with Gasteiger partial charge in [0.15, 0.2) is 11.6 Å². The van der Waals surface area contributed by atoms with E-state index >= 15 is 0 Å². The number of nitrogens with two attached hydrogens (primary N) is 2. The fourth-order valence-electron chi connectivity index (χ4n) is 1.77. The van der Waals surface area contributed by atoms with Gasteiger partial charge in [-0.15, -0.1) is 10.2 Å². The highest BCUT2D eigenvalue weighted by molar-refractivity contribution is 7.99. The Morgan fingerprint density at radius 3 is 2.74 bits per heavy atom. The molecule has 0 atom stereocenters. The standard InChI is InChI=1S/C14H13FN6OS/c1-8(17)10(6-16)12(22)7-23-14-20-19-13(21(14)18)9-4-2-3-5-11(9)15/h2-5H,7,17-18H2,1H3/b10-8+. The summed E-state index contributed by atoms with van der Waals surface area (Å²) in [5.41, 5.74) is 5.73. The van der Waals surface area contributed by atoms with Crippen LogP contribution >= 0.6 is 11.8 Å². The summed E-state index contributed by atoms with van der Waals surface area (Å²) in [7, 11) is 0. The Labute approximate surface area is 135 Å². The van der Waals surface area contributed by atoms with Crippen molar-refractivity contribution >= 4 is 17.5 Å². The minimum absolute atomic E-state index is 0.0793. The van der Waals surface area contributed by atoms with E-state index in [1.54, 1.807) is 18.2 Å². The van der Waals surface area contributed by atoms with Crippen molar-refractivity contribution in [2.24, 2.45) is 5.73 Å². The molecule has 0 saturated heterocycles. The Bertz CT molecular complexity index is 819. The van der Waals surface area contributed by atoms with Crippen LogP contribution in [-0.2, 0) is 4.79 Å². The predicted molar refractivity (Wildman–Crippen MR) is 83.8 cm³/mol. The van der Waals surface area contributed by atoms with Crippen molar-refractivity contribution in [1.82, 2.24) is 14.9 Å². The van der Waals surface area contributed by atoms with E-state index in [1.165, 1.54) is 19.1 Å². The van der Waals surface area contributed by atoms with Gasteiger partial charge in [-0.05, 0) is 19.1 Å². The van der Waals surface area contributed by atoms with Crippen molar-refractivity contribution in [3.8, 4) is 17.5 Å². The third-order valence-electron chi connectivity index (χ3n) is 2.90. The highest BCUT2D eigenvalue weighted by Gasteiger charge is 2.18. The predicted octanol–water partition coefficient (Wildman–Crippen LogP) is 1.22. The molecular formula is C14H13FN6OS. The molecule has 1 heterocycles. The van der Waals surface area contributed by atoms with Gasteiger partial charge in [0, 0.05) is 5.70 Å². The second-order valence-corrected chi connectivity index (χ2v) is 5.48. The summed E-state index contributed by atoms with van der Waals surface area (Å²) in [6.45, 7) is 1.48. The quantitative estimate of drug-likeness (QED) is 0.365. The van der Waals surface area contributed by atoms with Crippen molar-refractivity contribution in [2.45, 2.75) is 12.1 Å². The monoisotopic (exact) mass is 332 g/mol. The Kier molecular flexibility index (Phi) is 4.98. The number of thioether (sulfide) groups is 1. The lowest BCUT2D eigenvalue weighted by Gasteiger charge is -2.04. The lowest BCUT2D eigenvalue weighted by molar-refractivity contribution is -0.112. The summed E-state index contributed by atoms with van der Waals surface area (Å²) in [5, 5.41) is 16.8. The number of aromatic nitrogens is 3. The van der Waals surface area contributed by atoms with E-state index in [4.69, 9.17) is 16.8 Å². The van der Waals surface area contributed by atoms with Gasteiger partial charge >= 0.3 is 0 Å². The molecule has 0 aliphatic heterocycles. The second-order valence-electron chi connectivity index (χ2n) is 4.54. The maximum Gasteiger partial charge on any atom is 0.210 e. The molecule has 0 amide bonds. The average molecular weight is 332 g/mol. The molecule has 23 heavy (non-hydrogen) atoms. The Morgan fingerprint density at radius 1 is 1.43 bits per heavy atom. The van der Waals surface area contributed by atoms with Crippen molar-refractivity contribution in [3.05, 3.63) is 41.4 Å². The number of nitriles is 1.